The third-order valence-corrected chi connectivity index (χ3v) is 3.65. The Labute approximate surface area is 93.7 Å². The number of anilines is 1. The summed E-state index contributed by atoms with van der Waals surface area (Å²) in [7, 11) is 0. The normalized spacial score (nSPS) is 31.5. The van der Waals surface area contributed by atoms with Gasteiger partial charge in [0.05, 0.1) is 5.60 Å². The lowest BCUT2D eigenvalue weighted by molar-refractivity contribution is -0.000771. The molecule has 0 radical (unpaired) electrons. The van der Waals surface area contributed by atoms with E-state index in [4.69, 9.17) is 0 Å². The van der Waals surface area contributed by atoms with E-state index in [0.29, 0.717) is 12.5 Å². The highest BCUT2D eigenvalue weighted by Gasteiger charge is 2.32. The predicted octanol–water partition coefficient (Wildman–Crippen LogP) is 1.89. The largest absolute Gasteiger partial charge is 0.388 e. The van der Waals surface area contributed by atoms with Crippen molar-refractivity contribution in [1.29, 1.82) is 0 Å². The van der Waals surface area contributed by atoms with Crippen molar-refractivity contribution in [1.82, 2.24) is 10.2 Å². The van der Waals surface area contributed by atoms with Gasteiger partial charge in [-0.25, -0.2) is 0 Å². The molecular formula is C10H17N3OS. The molecule has 2 unspecified atom stereocenters. The average Bonchev–Trinajstić information content (AvgIpc) is 2.67. The summed E-state index contributed by atoms with van der Waals surface area (Å²) < 4.78 is 0. The maximum absolute atomic E-state index is 10.3. The second-order valence-corrected chi connectivity index (χ2v) is 5.36. The number of hydrogen-bond acceptors (Lipinski definition) is 5. The van der Waals surface area contributed by atoms with Crippen LogP contribution < -0.4 is 5.32 Å². The lowest BCUT2D eigenvalue weighted by atomic mass is 9.79. The van der Waals surface area contributed by atoms with Crippen molar-refractivity contribution in [2.75, 3.05) is 11.9 Å². The maximum Gasteiger partial charge on any atom is 0.205 e. The Morgan fingerprint density at radius 1 is 1.73 bits per heavy atom. The van der Waals surface area contributed by atoms with Gasteiger partial charge < -0.3 is 10.4 Å². The summed E-state index contributed by atoms with van der Waals surface area (Å²) in [6.45, 7) is 2.79. The first-order chi connectivity index (χ1) is 7.18. The Balaban J connectivity index is 1.87. The highest BCUT2D eigenvalue weighted by molar-refractivity contribution is 7.13. The van der Waals surface area contributed by atoms with Crippen LogP contribution in [-0.2, 0) is 0 Å². The van der Waals surface area contributed by atoms with Gasteiger partial charge in [-0.2, -0.15) is 0 Å². The van der Waals surface area contributed by atoms with Crippen LogP contribution in [0.5, 0.6) is 0 Å². The molecule has 84 valence electrons. The molecule has 1 aromatic rings. The Hall–Kier alpha value is -0.680. The van der Waals surface area contributed by atoms with Crippen molar-refractivity contribution in [2.24, 2.45) is 5.92 Å². The van der Waals surface area contributed by atoms with Crippen molar-refractivity contribution < 1.29 is 5.11 Å². The second kappa shape index (κ2) is 4.45. The SMILES string of the molecule is CC1CCCC(O)(CNc2nncs2)C1. The zero-order valence-corrected chi connectivity index (χ0v) is 9.76. The van der Waals surface area contributed by atoms with E-state index in [1.807, 2.05) is 0 Å². The molecule has 1 aliphatic rings. The summed E-state index contributed by atoms with van der Waals surface area (Å²) in [4.78, 5) is 0. The number of hydrogen-bond donors (Lipinski definition) is 2. The Morgan fingerprint density at radius 3 is 3.27 bits per heavy atom. The van der Waals surface area contributed by atoms with Gasteiger partial charge in [-0.15, -0.1) is 10.2 Å². The molecule has 1 heterocycles. The molecule has 0 spiro atoms. The molecule has 1 saturated carbocycles. The summed E-state index contributed by atoms with van der Waals surface area (Å²) >= 11 is 1.47. The van der Waals surface area contributed by atoms with Gasteiger partial charge in [-0.3, -0.25) is 0 Å². The standard InChI is InChI=1S/C10H17N3OS/c1-8-3-2-4-10(14,5-8)6-11-9-13-12-7-15-9/h7-8,14H,2-6H2,1H3,(H,11,13). The topological polar surface area (TPSA) is 58.0 Å². The third-order valence-electron chi connectivity index (χ3n) is 3.00. The van der Waals surface area contributed by atoms with E-state index < -0.39 is 5.60 Å². The summed E-state index contributed by atoms with van der Waals surface area (Å²) in [5, 5.41) is 21.9. The zero-order chi connectivity index (χ0) is 10.7. The van der Waals surface area contributed by atoms with E-state index >= 15 is 0 Å². The molecule has 0 aliphatic heterocycles. The molecule has 2 N–H and O–H groups in total. The molecule has 0 aromatic carbocycles. The van der Waals surface area contributed by atoms with Crippen LogP contribution in [0, 0.1) is 5.92 Å². The van der Waals surface area contributed by atoms with Crippen molar-refractivity contribution in [3.63, 3.8) is 0 Å². The minimum atomic E-state index is -0.552. The second-order valence-electron chi connectivity index (χ2n) is 4.52. The third kappa shape index (κ3) is 2.89. The summed E-state index contributed by atoms with van der Waals surface area (Å²) in [5.74, 6) is 0.625. The highest BCUT2D eigenvalue weighted by atomic mass is 32.1. The monoisotopic (exact) mass is 227 g/mol. The van der Waals surface area contributed by atoms with Gasteiger partial charge in [0.25, 0.3) is 0 Å². The molecule has 4 nitrogen and oxygen atoms in total. The van der Waals surface area contributed by atoms with Gasteiger partial charge in [0, 0.05) is 6.54 Å². The Bertz CT molecular complexity index is 304. The van der Waals surface area contributed by atoms with Gasteiger partial charge in [0.1, 0.15) is 5.51 Å². The van der Waals surface area contributed by atoms with Crippen LogP contribution in [0.3, 0.4) is 0 Å². The zero-order valence-electron chi connectivity index (χ0n) is 8.94. The fraction of sp³-hybridized carbons (Fsp3) is 0.800. The van der Waals surface area contributed by atoms with Crippen molar-refractivity contribution >= 4 is 16.5 Å². The first kappa shape index (κ1) is 10.8. The van der Waals surface area contributed by atoms with Crippen LogP contribution in [0.2, 0.25) is 0 Å². The highest BCUT2D eigenvalue weighted by Crippen LogP contribution is 2.32. The van der Waals surface area contributed by atoms with Gasteiger partial charge in [-0.1, -0.05) is 31.1 Å². The van der Waals surface area contributed by atoms with Crippen LogP contribution in [-0.4, -0.2) is 27.4 Å². The number of aliphatic hydroxyl groups is 1. The molecular weight excluding hydrogens is 210 g/mol. The summed E-state index contributed by atoms with van der Waals surface area (Å²) in [6.07, 6.45) is 4.14. The number of nitrogens with one attached hydrogen (secondary N) is 1. The van der Waals surface area contributed by atoms with Crippen LogP contribution in [0.1, 0.15) is 32.6 Å². The minimum Gasteiger partial charge on any atom is -0.388 e. The number of aromatic nitrogens is 2. The number of rotatable bonds is 3. The molecule has 0 amide bonds. The minimum absolute atomic E-state index is 0.552. The lowest BCUT2D eigenvalue weighted by Gasteiger charge is -2.35. The van der Waals surface area contributed by atoms with E-state index in [2.05, 4.69) is 22.4 Å². The van der Waals surface area contributed by atoms with Gasteiger partial charge in [-0.05, 0) is 18.8 Å². The first-order valence-electron chi connectivity index (χ1n) is 5.40. The van der Waals surface area contributed by atoms with Crippen LogP contribution in [0.25, 0.3) is 0 Å². The summed E-state index contributed by atoms with van der Waals surface area (Å²) in [5.41, 5.74) is 1.14. The van der Waals surface area contributed by atoms with E-state index in [-0.39, 0.29) is 0 Å². The molecule has 5 heteroatoms. The fourth-order valence-corrected chi connectivity index (χ4v) is 2.73. The average molecular weight is 227 g/mol. The maximum atomic E-state index is 10.3. The molecule has 1 aliphatic carbocycles. The lowest BCUT2D eigenvalue weighted by Crippen LogP contribution is -2.41. The number of nitrogens with zero attached hydrogens (tertiary/aromatic N) is 2. The molecule has 2 atom stereocenters. The molecule has 2 rings (SSSR count). The molecule has 1 fully saturated rings. The van der Waals surface area contributed by atoms with Crippen LogP contribution in [0.4, 0.5) is 5.13 Å². The molecule has 0 saturated heterocycles. The first-order valence-corrected chi connectivity index (χ1v) is 6.28. The molecule has 1 aromatic heterocycles. The van der Waals surface area contributed by atoms with E-state index in [1.165, 1.54) is 17.8 Å². The van der Waals surface area contributed by atoms with Gasteiger partial charge >= 0.3 is 0 Å². The molecule has 0 bridgehead atoms. The Morgan fingerprint density at radius 2 is 2.60 bits per heavy atom. The smallest absolute Gasteiger partial charge is 0.205 e. The Kier molecular flexibility index (Phi) is 3.21. The van der Waals surface area contributed by atoms with Crippen molar-refractivity contribution in [3.8, 4) is 0 Å². The van der Waals surface area contributed by atoms with Crippen molar-refractivity contribution in [2.45, 2.75) is 38.2 Å². The van der Waals surface area contributed by atoms with E-state index in [1.54, 1.807) is 5.51 Å². The van der Waals surface area contributed by atoms with Crippen LogP contribution in [0.15, 0.2) is 5.51 Å². The predicted molar refractivity (Wildman–Crippen MR) is 61.0 cm³/mol. The quantitative estimate of drug-likeness (QED) is 0.828. The summed E-state index contributed by atoms with van der Waals surface area (Å²) in [6, 6.07) is 0. The molecule has 15 heavy (non-hydrogen) atoms. The van der Waals surface area contributed by atoms with Gasteiger partial charge in [0.15, 0.2) is 0 Å². The fourth-order valence-electron chi connectivity index (χ4n) is 2.28. The van der Waals surface area contributed by atoms with Gasteiger partial charge in [0.2, 0.25) is 5.13 Å². The van der Waals surface area contributed by atoms with Crippen LogP contribution >= 0.6 is 11.3 Å². The van der Waals surface area contributed by atoms with E-state index in [0.717, 1.165) is 24.4 Å². The van der Waals surface area contributed by atoms with Crippen molar-refractivity contribution in [3.05, 3.63) is 5.51 Å². The van der Waals surface area contributed by atoms with E-state index in [9.17, 15) is 5.11 Å².